The number of hydrogen-bond acceptors (Lipinski definition) is 3. The van der Waals surface area contributed by atoms with Crippen LogP contribution >= 0.6 is 0 Å². The van der Waals surface area contributed by atoms with Gasteiger partial charge in [0, 0.05) is 6.42 Å². The molecule has 90 valence electrons. The number of carbonyl (C=O) groups is 2. The number of rotatable bonds is 3. The van der Waals surface area contributed by atoms with Crippen LogP contribution in [0.3, 0.4) is 0 Å². The highest BCUT2D eigenvalue weighted by molar-refractivity contribution is 5.87. The minimum atomic E-state index is -0.962. The van der Waals surface area contributed by atoms with Crippen molar-refractivity contribution in [2.45, 2.75) is 12.5 Å². The topological polar surface area (TPSA) is 75.6 Å². The summed E-state index contributed by atoms with van der Waals surface area (Å²) in [6.45, 7) is 0. The van der Waals surface area contributed by atoms with Gasteiger partial charge in [0.05, 0.1) is 19.1 Å². The van der Waals surface area contributed by atoms with Gasteiger partial charge in [0.15, 0.2) is 0 Å². The van der Waals surface area contributed by atoms with E-state index in [0.29, 0.717) is 5.75 Å². The number of carboxylic acid groups (broad SMARTS) is 1. The molecule has 0 spiro atoms. The van der Waals surface area contributed by atoms with E-state index in [1.54, 1.807) is 31.4 Å². The van der Waals surface area contributed by atoms with Crippen molar-refractivity contribution in [1.29, 1.82) is 0 Å². The third-order valence-electron chi connectivity index (χ3n) is 2.89. The van der Waals surface area contributed by atoms with E-state index in [0.717, 1.165) is 5.56 Å². The van der Waals surface area contributed by atoms with Gasteiger partial charge in [-0.2, -0.15) is 0 Å². The Morgan fingerprint density at radius 1 is 1.53 bits per heavy atom. The third kappa shape index (κ3) is 2.22. The summed E-state index contributed by atoms with van der Waals surface area (Å²) in [5, 5.41) is 11.7. The maximum absolute atomic E-state index is 11.3. The monoisotopic (exact) mass is 235 g/mol. The molecule has 17 heavy (non-hydrogen) atoms. The summed E-state index contributed by atoms with van der Waals surface area (Å²) in [6, 6.07) is 6.60. The zero-order valence-electron chi connectivity index (χ0n) is 9.34. The van der Waals surface area contributed by atoms with E-state index in [1.165, 1.54) is 0 Å². The van der Waals surface area contributed by atoms with Gasteiger partial charge in [-0.3, -0.25) is 9.59 Å². The van der Waals surface area contributed by atoms with Gasteiger partial charge in [0.2, 0.25) is 5.91 Å². The molecule has 2 N–H and O–H groups in total. The Morgan fingerprint density at radius 2 is 2.29 bits per heavy atom. The van der Waals surface area contributed by atoms with E-state index >= 15 is 0 Å². The first-order valence-electron chi connectivity index (χ1n) is 5.28. The van der Waals surface area contributed by atoms with Crippen LogP contribution < -0.4 is 10.1 Å². The molecule has 1 unspecified atom stereocenters. The Balaban J connectivity index is 2.31. The molecule has 0 aromatic heterocycles. The predicted molar refractivity (Wildman–Crippen MR) is 59.6 cm³/mol. The van der Waals surface area contributed by atoms with Crippen molar-refractivity contribution in [1.82, 2.24) is 5.32 Å². The highest BCUT2D eigenvalue weighted by Crippen LogP contribution is 2.31. The Morgan fingerprint density at radius 3 is 2.94 bits per heavy atom. The van der Waals surface area contributed by atoms with E-state index < -0.39 is 17.9 Å². The third-order valence-corrected chi connectivity index (χ3v) is 2.89. The molecular weight excluding hydrogens is 222 g/mol. The molecule has 1 aliphatic heterocycles. The summed E-state index contributed by atoms with van der Waals surface area (Å²) < 4.78 is 5.08. The van der Waals surface area contributed by atoms with E-state index in [1.807, 2.05) is 0 Å². The van der Waals surface area contributed by atoms with Crippen LogP contribution in [0.25, 0.3) is 0 Å². The second-order valence-electron chi connectivity index (χ2n) is 3.97. The molecule has 1 saturated heterocycles. The van der Waals surface area contributed by atoms with Gasteiger partial charge in [-0.05, 0) is 17.7 Å². The minimum absolute atomic E-state index is 0.0250. The molecule has 1 aromatic carbocycles. The maximum atomic E-state index is 11.3. The molecule has 0 bridgehead atoms. The fourth-order valence-corrected chi connectivity index (χ4v) is 2.03. The average Bonchev–Trinajstić information content (AvgIpc) is 2.72. The first-order valence-corrected chi connectivity index (χ1v) is 5.28. The van der Waals surface area contributed by atoms with Gasteiger partial charge >= 0.3 is 5.97 Å². The van der Waals surface area contributed by atoms with Gasteiger partial charge in [-0.15, -0.1) is 0 Å². The summed E-state index contributed by atoms with van der Waals surface area (Å²) in [5.74, 6) is -1.26. The zero-order valence-corrected chi connectivity index (χ0v) is 9.34. The first-order chi connectivity index (χ1) is 8.11. The first kappa shape index (κ1) is 11.4. The lowest BCUT2D eigenvalue weighted by Crippen LogP contribution is -2.24. The van der Waals surface area contributed by atoms with Crippen molar-refractivity contribution in [3.63, 3.8) is 0 Å². The Bertz CT molecular complexity index is 458. The Hall–Kier alpha value is -2.04. The van der Waals surface area contributed by atoms with Crippen LogP contribution in [0.2, 0.25) is 0 Å². The van der Waals surface area contributed by atoms with Crippen LogP contribution in [-0.2, 0) is 9.59 Å². The zero-order chi connectivity index (χ0) is 12.4. The number of hydrogen-bond donors (Lipinski definition) is 2. The van der Waals surface area contributed by atoms with Gasteiger partial charge < -0.3 is 15.2 Å². The van der Waals surface area contributed by atoms with E-state index in [9.17, 15) is 9.59 Å². The maximum Gasteiger partial charge on any atom is 0.309 e. The number of aliphatic carboxylic acids is 1. The normalized spacial score (nSPS) is 23.2. The van der Waals surface area contributed by atoms with E-state index in [4.69, 9.17) is 9.84 Å². The van der Waals surface area contributed by atoms with Crippen LogP contribution in [-0.4, -0.2) is 24.1 Å². The highest BCUT2D eigenvalue weighted by atomic mass is 16.5. The summed E-state index contributed by atoms with van der Waals surface area (Å²) in [7, 11) is 1.54. The second-order valence-corrected chi connectivity index (χ2v) is 3.97. The van der Waals surface area contributed by atoms with Crippen molar-refractivity contribution in [3.05, 3.63) is 29.8 Å². The fourth-order valence-electron chi connectivity index (χ4n) is 2.03. The van der Waals surface area contributed by atoms with Crippen molar-refractivity contribution in [3.8, 4) is 5.75 Å². The van der Waals surface area contributed by atoms with Gasteiger partial charge in [-0.25, -0.2) is 0 Å². The van der Waals surface area contributed by atoms with Gasteiger partial charge in [0.25, 0.3) is 0 Å². The summed E-state index contributed by atoms with van der Waals surface area (Å²) in [5.41, 5.74) is 0.752. The molecule has 5 nitrogen and oxygen atoms in total. The molecule has 0 saturated carbocycles. The van der Waals surface area contributed by atoms with E-state index in [-0.39, 0.29) is 12.3 Å². The lowest BCUT2D eigenvalue weighted by Gasteiger charge is -2.16. The number of nitrogens with one attached hydrogen (secondary N) is 1. The van der Waals surface area contributed by atoms with Crippen molar-refractivity contribution in [2.24, 2.45) is 5.92 Å². The van der Waals surface area contributed by atoms with Crippen molar-refractivity contribution < 1.29 is 19.4 Å². The largest absolute Gasteiger partial charge is 0.497 e. The summed E-state index contributed by atoms with van der Waals surface area (Å²) in [6.07, 6.45) is 0.0250. The molecule has 1 heterocycles. The number of carbonyl (C=O) groups excluding carboxylic acids is 1. The van der Waals surface area contributed by atoms with Crippen molar-refractivity contribution >= 4 is 11.9 Å². The molecule has 1 aromatic rings. The molecule has 1 fully saturated rings. The van der Waals surface area contributed by atoms with Crippen molar-refractivity contribution in [2.75, 3.05) is 7.11 Å². The van der Waals surface area contributed by atoms with Gasteiger partial charge in [-0.1, -0.05) is 12.1 Å². The molecule has 2 rings (SSSR count). The van der Waals surface area contributed by atoms with Crippen LogP contribution in [0.5, 0.6) is 5.75 Å². The standard InChI is InChI=1S/C12H13NO4/c1-17-8-4-2-3-7(5-8)11-9(12(15)16)6-10(14)13-11/h2-5,9,11H,6H2,1H3,(H,13,14)(H,15,16)/t9-,11?/m0/s1. The Kier molecular flexibility index (Phi) is 2.99. The predicted octanol–water partition coefficient (Wildman–Crippen LogP) is 0.957. The number of carboxylic acids is 1. The minimum Gasteiger partial charge on any atom is -0.497 e. The molecule has 0 aliphatic carbocycles. The fraction of sp³-hybridized carbons (Fsp3) is 0.333. The lowest BCUT2D eigenvalue weighted by atomic mass is 9.94. The Labute approximate surface area is 98.4 Å². The SMILES string of the molecule is COc1cccc(C2NC(=O)C[C@@H]2C(=O)O)c1. The molecule has 5 heteroatoms. The summed E-state index contributed by atoms with van der Waals surface area (Å²) in [4.78, 5) is 22.4. The second kappa shape index (κ2) is 4.45. The number of ether oxygens (including phenoxy) is 1. The summed E-state index contributed by atoms with van der Waals surface area (Å²) >= 11 is 0. The molecule has 1 amide bonds. The molecular formula is C12H13NO4. The molecule has 1 aliphatic rings. The average molecular weight is 235 g/mol. The number of benzene rings is 1. The van der Waals surface area contributed by atoms with E-state index in [2.05, 4.69) is 5.32 Å². The van der Waals surface area contributed by atoms with Gasteiger partial charge in [0.1, 0.15) is 5.75 Å². The smallest absolute Gasteiger partial charge is 0.309 e. The van der Waals surface area contributed by atoms with Crippen LogP contribution in [0.1, 0.15) is 18.0 Å². The molecule has 2 atom stereocenters. The van der Waals surface area contributed by atoms with Crippen LogP contribution in [0, 0.1) is 5.92 Å². The molecule has 0 radical (unpaired) electrons. The lowest BCUT2D eigenvalue weighted by molar-refractivity contribution is -0.142. The van der Waals surface area contributed by atoms with Crippen LogP contribution in [0.15, 0.2) is 24.3 Å². The number of methoxy groups -OCH3 is 1. The highest BCUT2D eigenvalue weighted by Gasteiger charge is 2.38. The quantitative estimate of drug-likeness (QED) is 0.818. The van der Waals surface area contributed by atoms with Crippen LogP contribution in [0.4, 0.5) is 0 Å². The number of amides is 1.